The molecule has 20 heavy (non-hydrogen) atoms. The summed E-state index contributed by atoms with van der Waals surface area (Å²) < 4.78 is 5.27. The fraction of sp³-hybridized carbons (Fsp3) is 0.500. The molecule has 1 saturated heterocycles. The number of benzene rings is 1. The van der Waals surface area contributed by atoms with Crippen molar-refractivity contribution in [2.45, 2.75) is 19.3 Å². The van der Waals surface area contributed by atoms with E-state index in [1.54, 1.807) is 0 Å². The standard InChI is InChI=1S/C14H19NO5/c16-11-7-10(8-12(17)13(11)18)14(19)15-4-1-9-2-5-20-6-3-9/h7-9,16-18H,1-6H2,(H,15,19). The SMILES string of the molecule is O=C(NCCC1CCOCC1)c1cc(O)c(O)c(O)c1. The number of carbonyl (C=O) groups is 1. The van der Waals surface area contributed by atoms with E-state index in [0.717, 1.165) is 44.6 Å². The number of ether oxygens (including phenoxy) is 1. The van der Waals surface area contributed by atoms with Gasteiger partial charge in [-0.1, -0.05) is 0 Å². The van der Waals surface area contributed by atoms with Crippen LogP contribution in [0.3, 0.4) is 0 Å². The smallest absolute Gasteiger partial charge is 0.251 e. The summed E-state index contributed by atoms with van der Waals surface area (Å²) in [4.78, 5) is 11.9. The number of nitrogens with one attached hydrogen (secondary N) is 1. The van der Waals surface area contributed by atoms with Gasteiger partial charge >= 0.3 is 0 Å². The molecule has 0 radical (unpaired) electrons. The van der Waals surface area contributed by atoms with Crippen molar-refractivity contribution >= 4 is 5.91 Å². The molecular formula is C14H19NO5. The molecular weight excluding hydrogens is 262 g/mol. The van der Waals surface area contributed by atoms with Gasteiger partial charge in [0.25, 0.3) is 5.91 Å². The van der Waals surface area contributed by atoms with Gasteiger partial charge in [-0.3, -0.25) is 4.79 Å². The minimum Gasteiger partial charge on any atom is -0.504 e. The molecule has 1 amide bonds. The number of amides is 1. The first-order valence-electron chi connectivity index (χ1n) is 6.69. The average molecular weight is 281 g/mol. The zero-order valence-corrected chi connectivity index (χ0v) is 11.1. The van der Waals surface area contributed by atoms with Crippen molar-refractivity contribution < 1.29 is 24.9 Å². The Bertz CT molecular complexity index is 459. The lowest BCUT2D eigenvalue weighted by Gasteiger charge is -2.21. The molecule has 1 aliphatic rings. The topological polar surface area (TPSA) is 99.0 Å². The summed E-state index contributed by atoms with van der Waals surface area (Å²) in [6, 6.07) is 2.25. The molecule has 1 heterocycles. The summed E-state index contributed by atoms with van der Waals surface area (Å²) in [6.45, 7) is 2.09. The zero-order chi connectivity index (χ0) is 14.5. The van der Waals surface area contributed by atoms with Crippen LogP contribution in [0.4, 0.5) is 0 Å². The molecule has 2 rings (SSSR count). The quantitative estimate of drug-likeness (QED) is 0.624. The molecule has 1 aliphatic heterocycles. The molecule has 4 N–H and O–H groups in total. The highest BCUT2D eigenvalue weighted by atomic mass is 16.5. The van der Waals surface area contributed by atoms with Crippen LogP contribution in [0.25, 0.3) is 0 Å². The monoisotopic (exact) mass is 281 g/mol. The molecule has 1 aromatic rings. The molecule has 0 saturated carbocycles. The Balaban J connectivity index is 1.85. The number of rotatable bonds is 4. The first-order valence-corrected chi connectivity index (χ1v) is 6.69. The van der Waals surface area contributed by atoms with Crippen LogP contribution in [0.15, 0.2) is 12.1 Å². The summed E-state index contributed by atoms with van der Waals surface area (Å²) >= 11 is 0. The fourth-order valence-corrected chi connectivity index (χ4v) is 2.26. The first-order chi connectivity index (χ1) is 9.58. The molecule has 0 aliphatic carbocycles. The van der Waals surface area contributed by atoms with Crippen molar-refractivity contribution in [1.82, 2.24) is 5.32 Å². The van der Waals surface area contributed by atoms with Crippen molar-refractivity contribution in [2.24, 2.45) is 5.92 Å². The molecule has 6 heteroatoms. The minimum atomic E-state index is -0.622. The summed E-state index contributed by atoms with van der Waals surface area (Å²) in [7, 11) is 0. The molecule has 6 nitrogen and oxygen atoms in total. The van der Waals surface area contributed by atoms with Crippen LogP contribution >= 0.6 is 0 Å². The van der Waals surface area contributed by atoms with Crippen LogP contribution in [-0.4, -0.2) is 41.0 Å². The number of hydrogen-bond donors (Lipinski definition) is 4. The lowest BCUT2D eigenvalue weighted by atomic mass is 9.97. The van der Waals surface area contributed by atoms with Gasteiger partial charge < -0.3 is 25.4 Å². The number of phenolic OH excluding ortho intramolecular Hbond substituents is 3. The highest BCUT2D eigenvalue weighted by Crippen LogP contribution is 2.35. The molecule has 110 valence electrons. The van der Waals surface area contributed by atoms with E-state index in [-0.39, 0.29) is 11.5 Å². The van der Waals surface area contributed by atoms with Crippen LogP contribution in [0.5, 0.6) is 17.2 Å². The third kappa shape index (κ3) is 3.54. The lowest BCUT2D eigenvalue weighted by molar-refractivity contribution is 0.0636. The largest absolute Gasteiger partial charge is 0.504 e. The van der Waals surface area contributed by atoms with Gasteiger partial charge in [0, 0.05) is 25.3 Å². The van der Waals surface area contributed by atoms with Crippen molar-refractivity contribution in [3.05, 3.63) is 17.7 Å². The van der Waals surface area contributed by atoms with E-state index in [4.69, 9.17) is 4.74 Å². The van der Waals surface area contributed by atoms with Crippen LogP contribution in [0.2, 0.25) is 0 Å². The second kappa shape index (κ2) is 6.47. The second-order valence-electron chi connectivity index (χ2n) is 4.96. The molecule has 0 aromatic heterocycles. The van der Waals surface area contributed by atoms with Gasteiger partial charge in [0.2, 0.25) is 0 Å². The van der Waals surface area contributed by atoms with Gasteiger partial charge in [0.05, 0.1) is 0 Å². The van der Waals surface area contributed by atoms with Crippen molar-refractivity contribution in [3.8, 4) is 17.2 Å². The van der Waals surface area contributed by atoms with E-state index in [1.165, 1.54) is 0 Å². The first kappa shape index (κ1) is 14.5. The number of aromatic hydroxyl groups is 3. The highest BCUT2D eigenvalue weighted by Gasteiger charge is 2.16. The minimum absolute atomic E-state index is 0.116. The maximum absolute atomic E-state index is 11.9. The Kier molecular flexibility index (Phi) is 4.68. The van der Waals surface area contributed by atoms with E-state index < -0.39 is 17.2 Å². The molecule has 0 spiro atoms. The van der Waals surface area contributed by atoms with Gasteiger partial charge in [-0.25, -0.2) is 0 Å². The summed E-state index contributed by atoms with van der Waals surface area (Å²) in [5, 5.41) is 30.7. The molecule has 1 aromatic carbocycles. The number of hydrogen-bond acceptors (Lipinski definition) is 5. The Morgan fingerprint density at radius 2 is 1.80 bits per heavy atom. The highest BCUT2D eigenvalue weighted by molar-refractivity contribution is 5.95. The maximum atomic E-state index is 11.9. The Hall–Kier alpha value is -1.95. The van der Waals surface area contributed by atoms with Crippen LogP contribution in [-0.2, 0) is 4.74 Å². The Labute approximate surface area is 117 Å². The van der Waals surface area contributed by atoms with Gasteiger partial charge in [-0.15, -0.1) is 0 Å². The molecule has 0 unspecified atom stereocenters. The van der Waals surface area contributed by atoms with Crippen molar-refractivity contribution in [3.63, 3.8) is 0 Å². The molecule has 0 bridgehead atoms. The number of phenols is 3. The van der Waals surface area contributed by atoms with Gasteiger partial charge in [0.1, 0.15) is 0 Å². The van der Waals surface area contributed by atoms with Crippen molar-refractivity contribution in [2.75, 3.05) is 19.8 Å². The van der Waals surface area contributed by atoms with E-state index in [1.807, 2.05) is 0 Å². The van der Waals surface area contributed by atoms with Crippen LogP contribution in [0.1, 0.15) is 29.6 Å². The average Bonchev–Trinajstić information content (AvgIpc) is 2.45. The second-order valence-corrected chi connectivity index (χ2v) is 4.96. The van der Waals surface area contributed by atoms with Crippen molar-refractivity contribution in [1.29, 1.82) is 0 Å². The third-order valence-corrected chi connectivity index (χ3v) is 3.51. The maximum Gasteiger partial charge on any atom is 0.251 e. The molecule has 1 fully saturated rings. The van der Waals surface area contributed by atoms with Gasteiger partial charge in [0.15, 0.2) is 17.2 Å². The third-order valence-electron chi connectivity index (χ3n) is 3.51. The summed E-state index contributed by atoms with van der Waals surface area (Å²) in [5.41, 5.74) is 0.116. The van der Waals surface area contributed by atoms with Crippen LogP contribution < -0.4 is 5.32 Å². The number of carbonyl (C=O) groups excluding carboxylic acids is 1. The van der Waals surface area contributed by atoms with Gasteiger partial charge in [-0.05, 0) is 37.3 Å². The Morgan fingerprint density at radius 3 is 2.40 bits per heavy atom. The Morgan fingerprint density at radius 1 is 1.20 bits per heavy atom. The lowest BCUT2D eigenvalue weighted by Crippen LogP contribution is -2.27. The zero-order valence-electron chi connectivity index (χ0n) is 11.1. The normalized spacial score (nSPS) is 16.0. The predicted octanol–water partition coefficient (Wildman–Crippen LogP) is 1.35. The molecule has 0 atom stereocenters. The fourth-order valence-electron chi connectivity index (χ4n) is 2.26. The summed E-state index contributed by atoms with van der Waals surface area (Å²) in [5.74, 6) is -1.48. The summed E-state index contributed by atoms with van der Waals surface area (Å²) in [6.07, 6.45) is 2.90. The van der Waals surface area contributed by atoms with Gasteiger partial charge in [-0.2, -0.15) is 0 Å². The van der Waals surface area contributed by atoms with Crippen LogP contribution in [0, 0.1) is 5.92 Å². The van der Waals surface area contributed by atoms with E-state index in [0.29, 0.717) is 12.5 Å². The van der Waals surface area contributed by atoms with E-state index in [9.17, 15) is 20.1 Å². The van der Waals surface area contributed by atoms with E-state index >= 15 is 0 Å². The van der Waals surface area contributed by atoms with E-state index in [2.05, 4.69) is 5.32 Å². The predicted molar refractivity (Wildman–Crippen MR) is 71.9 cm³/mol.